The van der Waals surface area contributed by atoms with E-state index in [9.17, 15) is 14.7 Å². The van der Waals surface area contributed by atoms with Gasteiger partial charge in [-0.15, -0.1) is 6.58 Å². The average molecular weight is 553 g/mol. The molecular weight excluding hydrogens is 516 g/mol. The minimum absolute atomic E-state index is 0.227. The predicted octanol–water partition coefficient (Wildman–Crippen LogP) is 8.68. The number of hydrogen-bond acceptors (Lipinski definition) is 5. The summed E-state index contributed by atoms with van der Waals surface area (Å²) >= 11 is 0. The van der Waals surface area contributed by atoms with Gasteiger partial charge in [-0.05, 0) is 108 Å². The van der Waals surface area contributed by atoms with Crippen LogP contribution in [-0.4, -0.2) is 23.7 Å². The van der Waals surface area contributed by atoms with E-state index in [2.05, 4.69) is 20.4 Å². The Labute approximate surface area is 241 Å². The highest BCUT2D eigenvalue weighted by atomic mass is 17.2. The molecule has 0 bridgehead atoms. The molecule has 6 heteroatoms. The van der Waals surface area contributed by atoms with Gasteiger partial charge in [0.1, 0.15) is 5.75 Å². The van der Waals surface area contributed by atoms with Gasteiger partial charge < -0.3 is 9.84 Å². The molecule has 0 saturated heterocycles. The van der Waals surface area contributed by atoms with Crippen LogP contribution in [0.15, 0.2) is 91.5 Å². The van der Waals surface area contributed by atoms with Crippen LogP contribution in [-0.2, 0) is 11.3 Å². The molecule has 0 aliphatic heterocycles. The molecule has 1 N–H and O–H groups in total. The topological polar surface area (TPSA) is 82.1 Å². The second kappa shape index (κ2) is 14.2. The zero-order valence-corrected chi connectivity index (χ0v) is 23.6. The van der Waals surface area contributed by atoms with Crippen LogP contribution in [0.2, 0.25) is 0 Å². The summed E-state index contributed by atoms with van der Waals surface area (Å²) in [5.74, 6) is 0.0127. The predicted molar refractivity (Wildman–Crippen MR) is 162 cm³/mol. The second-order valence-corrected chi connectivity index (χ2v) is 10.2. The van der Waals surface area contributed by atoms with Gasteiger partial charge in [0.25, 0.3) is 0 Å². The Kier molecular flexibility index (Phi) is 10.2. The summed E-state index contributed by atoms with van der Waals surface area (Å²) in [6, 6.07) is 23.5. The Morgan fingerprint density at radius 3 is 2.22 bits per heavy atom. The van der Waals surface area contributed by atoms with E-state index < -0.39 is 11.9 Å². The SMILES string of the molecule is C=CCCCCOc1ccc(-c2ccc(C(=O)OOc3cc(CC(C)CC)c4cc(C(=O)O)ccc4c3)cc2)cc1. The summed E-state index contributed by atoms with van der Waals surface area (Å²) < 4.78 is 5.79. The summed E-state index contributed by atoms with van der Waals surface area (Å²) in [5, 5.41) is 11.1. The lowest BCUT2D eigenvalue weighted by Gasteiger charge is -2.14. The van der Waals surface area contributed by atoms with E-state index in [0.29, 0.717) is 23.8 Å². The number of unbranched alkanes of at least 4 members (excludes halogenated alkanes) is 2. The molecule has 0 radical (unpaired) electrons. The number of benzene rings is 4. The molecule has 4 rings (SSSR count). The Morgan fingerprint density at radius 1 is 0.878 bits per heavy atom. The van der Waals surface area contributed by atoms with E-state index in [4.69, 9.17) is 14.5 Å². The third-order valence-electron chi connectivity index (χ3n) is 7.12. The number of ether oxygens (including phenoxy) is 1. The summed E-state index contributed by atoms with van der Waals surface area (Å²) in [6.45, 7) is 8.66. The lowest BCUT2D eigenvalue weighted by atomic mass is 9.93. The standard InChI is InChI=1S/C35H36O6/c1-4-6-7-8-19-39-31-17-15-26(16-18-31)25-9-11-27(12-10-25)35(38)41-40-32-21-28-13-14-29(34(36)37)23-33(28)30(22-32)20-24(3)5-2/h4,9-18,21-24H,1,5-8,19-20H2,2-3H3,(H,36,37). The van der Waals surface area contributed by atoms with Crippen LogP contribution >= 0.6 is 0 Å². The number of carbonyl (C=O) groups excluding carboxylic acids is 1. The summed E-state index contributed by atoms with van der Waals surface area (Å²) in [6.07, 6.45) is 6.69. The summed E-state index contributed by atoms with van der Waals surface area (Å²) in [5.41, 5.74) is 3.51. The highest BCUT2D eigenvalue weighted by molar-refractivity contribution is 5.96. The molecular formula is C35H36O6. The van der Waals surface area contributed by atoms with Gasteiger partial charge in [-0.3, -0.25) is 4.89 Å². The highest BCUT2D eigenvalue weighted by Crippen LogP contribution is 2.30. The van der Waals surface area contributed by atoms with Crippen molar-refractivity contribution in [2.75, 3.05) is 6.61 Å². The number of carboxylic acid groups (broad SMARTS) is 1. The second-order valence-electron chi connectivity index (χ2n) is 10.2. The summed E-state index contributed by atoms with van der Waals surface area (Å²) in [4.78, 5) is 34.9. The third kappa shape index (κ3) is 7.98. The van der Waals surface area contributed by atoms with Crippen LogP contribution < -0.4 is 9.62 Å². The molecule has 1 unspecified atom stereocenters. The van der Waals surface area contributed by atoms with Gasteiger partial charge in [0.15, 0.2) is 5.75 Å². The maximum absolute atomic E-state index is 12.7. The van der Waals surface area contributed by atoms with E-state index in [1.54, 1.807) is 36.4 Å². The van der Waals surface area contributed by atoms with Gasteiger partial charge in [-0.2, -0.15) is 0 Å². The molecule has 0 aromatic heterocycles. The number of carboxylic acids is 1. The van der Waals surface area contributed by atoms with Crippen molar-refractivity contribution in [1.82, 2.24) is 0 Å². The van der Waals surface area contributed by atoms with E-state index in [1.807, 2.05) is 48.5 Å². The quantitative estimate of drug-likeness (QED) is 0.0729. The zero-order chi connectivity index (χ0) is 29.2. The smallest absolute Gasteiger partial charge is 0.386 e. The van der Waals surface area contributed by atoms with Gasteiger partial charge in [-0.1, -0.05) is 56.7 Å². The van der Waals surface area contributed by atoms with Crippen molar-refractivity contribution < 1.29 is 29.2 Å². The lowest BCUT2D eigenvalue weighted by molar-refractivity contribution is -0.149. The molecule has 0 saturated carbocycles. The van der Waals surface area contributed by atoms with E-state index in [0.717, 1.165) is 65.3 Å². The highest BCUT2D eigenvalue weighted by Gasteiger charge is 2.14. The van der Waals surface area contributed by atoms with Crippen molar-refractivity contribution in [2.45, 2.75) is 46.0 Å². The van der Waals surface area contributed by atoms with E-state index in [-0.39, 0.29) is 5.56 Å². The van der Waals surface area contributed by atoms with Crippen molar-refractivity contribution in [2.24, 2.45) is 5.92 Å². The molecule has 1 atom stereocenters. The van der Waals surface area contributed by atoms with E-state index >= 15 is 0 Å². The largest absolute Gasteiger partial charge is 0.494 e. The fourth-order valence-corrected chi connectivity index (χ4v) is 4.53. The molecule has 0 aliphatic rings. The molecule has 4 aromatic carbocycles. The molecule has 0 fully saturated rings. The molecule has 0 heterocycles. The molecule has 4 aromatic rings. The Balaban J connectivity index is 1.40. The Morgan fingerprint density at radius 2 is 1.56 bits per heavy atom. The molecule has 6 nitrogen and oxygen atoms in total. The zero-order valence-electron chi connectivity index (χ0n) is 23.6. The molecule has 0 aliphatic carbocycles. The van der Waals surface area contributed by atoms with Crippen molar-refractivity contribution in [3.8, 4) is 22.6 Å². The number of fused-ring (bicyclic) bond motifs is 1. The first-order valence-corrected chi connectivity index (χ1v) is 14.0. The molecule has 41 heavy (non-hydrogen) atoms. The van der Waals surface area contributed by atoms with Crippen molar-refractivity contribution >= 4 is 22.7 Å². The number of rotatable bonds is 14. The first kappa shape index (κ1) is 29.4. The van der Waals surface area contributed by atoms with Crippen molar-refractivity contribution in [1.29, 1.82) is 0 Å². The first-order valence-electron chi connectivity index (χ1n) is 14.0. The van der Waals surface area contributed by atoms with Crippen LogP contribution in [0, 0.1) is 5.92 Å². The normalized spacial score (nSPS) is 11.6. The monoisotopic (exact) mass is 552 g/mol. The van der Waals surface area contributed by atoms with Gasteiger partial charge in [0, 0.05) is 0 Å². The fraction of sp³-hybridized carbons (Fsp3) is 0.257. The maximum atomic E-state index is 12.7. The average Bonchev–Trinajstić information content (AvgIpc) is 2.99. The number of carbonyl (C=O) groups is 2. The van der Waals surface area contributed by atoms with Gasteiger partial charge in [0.2, 0.25) is 0 Å². The number of aromatic carboxylic acids is 1. The van der Waals surface area contributed by atoms with Crippen LogP contribution in [0.5, 0.6) is 11.5 Å². The third-order valence-corrected chi connectivity index (χ3v) is 7.12. The van der Waals surface area contributed by atoms with Crippen molar-refractivity contribution in [3.63, 3.8) is 0 Å². The minimum atomic E-state index is -0.974. The maximum Gasteiger partial charge on any atom is 0.386 e. The molecule has 212 valence electrons. The van der Waals surface area contributed by atoms with Crippen LogP contribution in [0.4, 0.5) is 0 Å². The van der Waals surface area contributed by atoms with Gasteiger partial charge in [-0.25, -0.2) is 14.5 Å². The number of hydrogen-bond donors (Lipinski definition) is 1. The molecule has 0 spiro atoms. The first-order chi connectivity index (χ1) is 19.9. The van der Waals surface area contributed by atoms with Crippen molar-refractivity contribution in [3.05, 3.63) is 108 Å². The van der Waals surface area contributed by atoms with E-state index in [1.165, 1.54) is 0 Å². The van der Waals surface area contributed by atoms with Gasteiger partial charge in [0.05, 0.1) is 17.7 Å². The van der Waals surface area contributed by atoms with Crippen LogP contribution in [0.1, 0.15) is 65.8 Å². The minimum Gasteiger partial charge on any atom is -0.494 e. The van der Waals surface area contributed by atoms with Gasteiger partial charge >= 0.3 is 11.9 Å². The fourth-order valence-electron chi connectivity index (χ4n) is 4.53. The van der Waals surface area contributed by atoms with Crippen LogP contribution in [0.3, 0.4) is 0 Å². The summed E-state index contributed by atoms with van der Waals surface area (Å²) in [7, 11) is 0. The lowest BCUT2D eigenvalue weighted by Crippen LogP contribution is -2.09. The number of allylic oxidation sites excluding steroid dienone is 1. The Bertz CT molecular complexity index is 1490. The Hall–Kier alpha value is -4.58. The van der Waals surface area contributed by atoms with Crippen LogP contribution in [0.25, 0.3) is 21.9 Å². The molecule has 0 amide bonds.